The Morgan fingerprint density at radius 2 is 1.75 bits per heavy atom. The highest BCUT2D eigenvalue weighted by Crippen LogP contribution is 2.35. The van der Waals surface area contributed by atoms with E-state index >= 15 is 4.39 Å². The van der Waals surface area contributed by atoms with Gasteiger partial charge in [-0.15, -0.1) is 0 Å². The predicted octanol–water partition coefficient (Wildman–Crippen LogP) is 3.40. The highest BCUT2D eigenvalue weighted by Gasteiger charge is 2.22. The number of halogens is 2. The van der Waals surface area contributed by atoms with Gasteiger partial charge in [0.1, 0.15) is 5.82 Å². The van der Waals surface area contributed by atoms with Crippen molar-refractivity contribution in [1.29, 1.82) is 0 Å². The first kappa shape index (κ1) is 20.4. The molecule has 6 nitrogen and oxygen atoms in total. The number of amides is 1. The zero-order chi connectivity index (χ0) is 22.2. The molecule has 2 aromatic carbocycles. The van der Waals surface area contributed by atoms with Gasteiger partial charge in [0.05, 0.1) is 18.9 Å². The van der Waals surface area contributed by atoms with Crippen molar-refractivity contribution in [2.45, 2.75) is 6.42 Å². The van der Waals surface area contributed by atoms with Gasteiger partial charge in [0.25, 0.3) is 5.91 Å². The van der Waals surface area contributed by atoms with Crippen LogP contribution in [0.5, 0.6) is 0 Å². The molecule has 1 saturated heterocycles. The van der Waals surface area contributed by atoms with Crippen molar-refractivity contribution in [1.82, 2.24) is 10.3 Å². The maximum Gasteiger partial charge on any atom is 0.251 e. The number of nitrogen functional groups attached to an aromatic ring is 1. The topological polar surface area (TPSA) is 80.5 Å². The number of aromatic nitrogens is 1. The fourth-order valence-corrected chi connectivity index (χ4v) is 4.26. The molecule has 1 aromatic heterocycles. The van der Waals surface area contributed by atoms with Gasteiger partial charge in [0, 0.05) is 48.1 Å². The van der Waals surface area contributed by atoms with Crippen molar-refractivity contribution in [3.63, 3.8) is 0 Å². The summed E-state index contributed by atoms with van der Waals surface area (Å²) in [6, 6.07) is 10.3. The van der Waals surface area contributed by atoms with Crippen LogP contribution in [-0.2, 0) is 11.2 Å². The van der Waals surface area contributed by atoms with Gasteiger partial charge in [-0.1, -0.05) is 12.1 Å². The summed E-state index contributed by atoms with van der Waals surface area (Å²) in [5, 5.41) is 2.82. The molecule has 32 heavy (non-hydrogen) atoms. The standard InChI is InChI=1S/C24H22F2N4O2/c25-21-17(3-4-20(22(21)26)30-7-9-32-10-8-30)16-12-19(23(27)29-13-16)14-1-2-18-15(11-14)5-6-28-24(18)31/h1-4,11-13H,5-10H2,(H2,27,29)(H,28,31). The van der Waals surface area contributed by atoms with Crippen molar-refractivity contribution in [2.24, 2.45) is 0 Å². The monoisotopic (exact) mass is 436 g/mol. The van der Waals surface area contributed by atoms with Crippen LogP contribution >= 0.6 is 0 Å². The van der Waals surface area contributed by atoms with Gasteiger partial charge in [-0.25, -0.2) is 13.8 Å². The molecule has 3 N–H and O–H groups in total. The number of morpholine rings is 1. The van der Waals surface area contributed by atoms with E-state index in [4.69, 9.17) is 10.5 Å². The molecule has 1 fully saturated rings. The number of nitrogens with zero attached hydrogens (tertiary/aromatic N) is 2. The van der Waals surface area contributed by atoms with E-state index in [2.05, 4.69) is 10.3 Å². The molecule has 2 aliphatic heterocycles. The van der Waals surface area contributed by atoms with Gasteiger partial charge >= 0.3 is 0 Å². The molecule has 0 aliphatic carbocycles. The number of ether oxygens (including phenoxy) is 1. The van der Waals surface area contributed by atoms with Crippen LogP contribution in [0.25, 0.3) is 22.3 Å². The number of pyridine rings is 1. The number of hydrogen-bond donors (Lipinski definition) is 2. The second-order valence-corrected chi connectivity index (χ2v) is 7.89. The number of nitrogens with one attached hydrogen (secondary N) is 1. The second kappa shape index (κ2) is 8.20. The van der Waals surface area contributed by atoms with E-state index in [1.54, 1.807) is 35.2 Å². The molecule has 3 heterocycles. The third-order valence-corrected chi connectivity index (χ3v) is 5.98. The Kier molecular flexibility index (Phi) is 5.22. The molecule has 0 atom stereocenters. The van der Waals surface area contributed by atoms with Crippen LogP contribution in [0.3, 0.4) is 0 Å². The Labute approximate surface area is 184 Å². The van der Waals surface area contributed by atoms with E-state index in [1.165, 1.54) is 6.20 Å². The maximum atomic E-state index is 15.1. The number of nitrogens with two attached hydrogens (primary N) is 1. The van der Waals surface area contributed by atoms with E-state index in [0.717, 1.165) is 11.1 Å². The van der Waals surface area contributed by atoms with Gasteiger partial charge in [0.15, 0.2) is 11.6 Å². The summed E-state index contributed by atoms with van der Waals surface area (Å²) < 4.78 is 35.3. The lowest BCUT2D eigenvalue weighted by molar-refractivity contribution is 0.0946. The summed E-state index contributed by atoms with van der Waals surface area (Å²) in [5.41, 5.74) is 9.82. The Morgan fingerprint density at radius 3 is 2.56 bits per heavy atom. The highest BCUT2D eigenvalue weighted by atomic mass is 19.2. The lowest BCUT2D eigenvalue weighted by atomic mass is 9.94. The van der Waals surface area contributed by atoms with Crippen molar-refractivity contribution in [3.8, 4) is 22.3 Å². The van der Waals surface area contributed by atoms with Crippen LogP contribution in [0.4, 0.5) is 20.3 Å². The fraction of sp³-hybridized carbons (Fsp3) is 0.250. The van der Waals surface area contributed by atoms with Crippen molar-refractivity contribution in [2.75, 3.05) is 43.5 Å². The second-order valence-electron chi connectivity index (χ2n) is 7.89. The minimum absolute atomic E-state index is 0.101. The average molecular weight is 436 g/mol. The van der Waals surface area contributed by atoms with Gasteiger partial charge < -0.3 is 20.7 Å². The third kappa shape index (κ3) is 3.56. The van der Waals surface area contributed by atoms with Crippen molar-refractivity contribution in [3.05, 3.63) is 65.4 Å². The molecule has 164 valence electrons. The number of carbonyl (C=O) groups excluding carboxylic acids is 1. The predicted molar refractivity (Wildman–Crippen MR) is 119 cm³/mol. The molecule has 0 saturated carbocycles. The Hall–Kier alpha value is -3.52. The normalized spacial score (nSPS) is 15.9. The summed E-state index contributed by atoms with van der Waals surface area (Å²) in [6.07, 6.45) is 2.15. The molecule has 1 amide bonds. The lowest BCUT2D eigenvalue weighted by Crippen LogP contribution is -2.36. The number of fused-ring (bicyclic) bond motifs is 1. The minimum Gasteiger partial charge on any atom is -0.383 e. The first-order valence-corrected chi connectivity index (χ1v) is 10.5. The van der Waals surface area contributed by atoms with E-state index in [-0.39, 0.29) is 23.0 Å². The van der Waals surface area contributed by atoms with Gasteiger partial charge in [0.2, 0.25) is 0 Å². The quantitative estimate of drug-likeness (QED) is 0.658. The van der Waals surface area contributed by atoms with Crippen LogP contribution in [0.1, 0.15) is 15.9 Å². The van der Waals surface area contributed by atoms with E-state index < -0.39 is 11.6 Å². The number of benzene rings is 2. The molecule has 8 heteroatoms. The fourth-order valence-electron chi connectivity index (χ4n) is 4.26. The molecule has 5 rings (SSSR count). The molecule has 0 radical (unpaired) electrons. The molecule has 2 aliphatic rings. The van der Waals surface area contributed by atoms with Crippen molar-refractivity contribution < 1.29 is 18.3 Å². The summed E-state index contributed by atoms with van der Waals surface area (Å²) in [5.74, 6) is -1.63. The molecule has 3 aromatic rings. The van der Waals surface area contributed by atoms with Gasteiger partial charge in [-0.3, -0.25) is 4.79 Å². The summed E-state index contributed by atoms with van der Waals surface area (Å²) >= 11 is 0. The molecular weight excluding hydrogens is 414 g/mol. The Morgan fingerprint density at radius 1 is 0.969 bits per heavy atom. The van der Waals surface area contributed by atoms with Crippen LogP contribution in [0.15, 0.2) is 42.6 Å². The molecule has 0 unspecified atom stereocenters. The van der Waals surface area contributed by atoms with Crippen LogP contribution < -0.4 is 16.0 Å². The highest BCUT2D eigenvalue weighted by molar-refractivity contribution is 5.97. The van der Waals surface area contributed by atoms with Crippen LogP contribution in [-0.4, -0.2) is 43.7 Å². The van der Waals surface area contributed by atoms with Crippen LogP contribution in [0, 0.1) is 11.6 Å². The maximum absolute atomic E-state index is 15.1. The number of anilines is 2. The summed E-state index contributed by atoms with van der Waals surface area (Å²) in [7, 11) is 0. The van der Waals surface area contributed by atoms with Crippen LogP contribution in [0.2, 0.25) is 0 Å². The largest absolute Gasteiger partial charge is 0.383 e. The first-order chi connectivity index (χ1) is 15.5. The summed E-state index contributed by atoms with van der Waals surface area (Å²) in [6.45, 7) is 2.56. The van der Waals surface area contributed by atoms with Gasteiger partial charge in [-0.2, -0.15) is 0 Å². The zero-order valence-electron chi connectivity index (χ0n) is 17.3. The van der Waals surface area contributed by atoms with Crippen molar-refractivity contribution >= 4 is 17.4 Å². The van der Waals surface area contributed by atoms with Gasteiger partial charge in [-0.05, 0) is 41.8 Å². The SMILES string of the molecule is Nc1ncc(-c2ccc(N3CCOCC3)c(F)c2F)cc1-c1ccc2c(c1)CCNC2=O. The Bertz CT molecular complexity index is 1210. The molecular formula is C24H22F2N4O2. The Balaban J connectivity index is 1.53. The van der Waals surface area contributed by atoms with E-state index in [0.29, 0.717) is 56.0 Å². The summed E-state index contributed by atoms with van der Waals surface area (Å²) in [4.78, 5) is 18.0. The lowest BCUT2D eigenvalue weighted by Gasteiger charge is -2.29. The zero-order valence-corrected chi connectivity index (χ0v) is 17.3. The average Bonchev–Trinajstić information content (AvgIpc) is 2.82. The minimum atomic E-state index is -0.923. The van der Waals surface area contributed by atoms with E-state index in [1.807, 2.05) is 6.07 Å². The first-order valence-electron chi connectivity index (χ1n) is 10.5. The molecule has 0 bridgehead atoms. The third-order valence-electron chi connectivity index (χ3n) is 5.98. The number of carbonyl (C=O) groups is 1. The molecule has 0 spiro atoms. The number of rotatable bonds is 3. The van der Waals surface area contributed by atoms with E-state index in [9.17, 15) is 9.18 Å². The smallest absolute Gasteiger partial charge is 0.251 e. The number of hydrogen-bond acceptors (Lipinski definition) is 5.